The topological polar surface area (TPSA) is 106 Å². The number of ether oxygens (including phenoxy) is 2. The van der Waals surface area contributed by atoms with E-state index in [0.29, 0.717) is 22.6 Å². The highest BCUT2D eigenvalue weighted by Gasteiger charge is 2.49. The van der Waals surface area contributed by atoms with Crippen molar-refractivity contribution < 1.29 is 29.0 Å². The number of rotatable bonds is 5. The molecule has 3 aromatic rings. The van der Waals surface area contributed by atoms with Crippen LogP contribution in [0.25, 0.3) is 5.76 Å². The number of amides is 1. The van der Waals surface area contributed by atoms with Gasteiger partial charge < -0.3 is 14.6 Å². The molecule has 1 saturated heterocycles. The maximum Gasteiger partial charge on any atom is 0.350 e. The molecule has 1 atom stereocenters. The summed E-state index contributed by atoms with van der Waals surface area (Å²) in [5, 5.41) is 11.2. The fraction of sp³-hybridized carbons (Fsp3) is 0.167. The fourth-order valence-corrected chi connectivity index (χ4v) is 4.75. The second kappa shape index (κ2) is 8.87. The molecule has 8 nitrogen and oxygen atoms in total. The van der Waals surface area contributed by atoms with Gasteiger partial charge in [-0.15, -0.1) is 0 Å². The van der Waals surface area contributed by atoms with Crippen LogP contribution < -0.4 is 9.64 Å². The highest BCUT2D eigenvalue weighted by Crippen LogP contribution is 2.46. The Morgan fingerprint density at radius 3 is 2.39 bits per heavy atom. The van der Waals surface area contributed by atoms with Crippen LogP contribution in [-0.2, 0) is 14.3 Å². The molecule has 9 heteroatoms. The Morgan fingerprint density at radius 1 is 1.06 bits per heavy atom. The molecule has 1 N–H and O–H groups in total. The second-order valence-electron chi connectivity index (χ2n) is 7.18. The molecule has 2 aromatic carbocycles. The molecule has 4 rings (SSSR count). The number of methoxy groups -OCH3 is 2. The molecule has 1 unspecified atom stereocenters. The molecule has 1 aliphatic heterocycles. The van der Waals surface area contributed by atoms with Crippen LogP contribution in [0.1, 0.15) is 32.5 Å². The standard InChI is InChI=1S/C24H20N2O6S/c1-13-21(23(30)32-3)33-24(25-13)26-18(15-11-7-8-12-16(15)31-2)17(20(28)22(26)29)19(27)14-9-5-4-6-10-14/h4-12,18,27H,1-3H3. The third kappa shape index (κ3) is 3.76. The van der Waals surface area contributed by atoms with Crippen LogP contribution in [-0.4, -0.2) is 42.0 Å². The van der Waals surface area contributed by atoms with E-state index < -0.39 is 23.7 Å². The normalized spacial score (nSPS) is 17.3. The lowest BCUT2D eigenvalue weighted by Crippen LogP contribution is -2.29. The van der Waals surface area contributed by atoms with E-state index in [4.69, 9.17) is 9.47 Å². The number of hydrogen-bond donors (Lipinski definition) is 1. The van der Waals surface area contributed by atoms with Crippen molar-refractivity contribution in [2.45, 2.75) is 13.0 Å². The van der Waals surface area contributed by atoms with Gasteiger partial charge in [-0.2, -0.15) is 0 Å². The number of hydrogen-bond acceptors (Lipinski definition) is 8. The summed E-state index contributed by atoms with van der Waals surface area (Å²) in [5.74, 6) is -2.21. The van der Waals surface area contributed by atoms with Gasteiger partial charge in [0.25, 0.3) is 5.78 Å². The summed E-state index contributed by atoms with van der Waals surface area (Å²) < 4.78 is 10.3. The lowest BCUT2D eigenvalue weighted by molar-refractivity contribution is -0.132. The van der Waals surface area contributed by atoms with E-state index in [9.17, 15) is 19.5 Å². The molecule has 168 valence electrons. The van der Waals surface area contributed by atoms with E-state index in [1.807, 2.05) is 0 Å². The first kappa shape index (κ1) is 22.2. The third-order valence-electron chi connectivity index (χ3n) is 5.29. The van der Waals surface area contributed by atoms with Crippen molar-refractivity contribution >= 4 is 39.9 Å². The van der Waals surface area contributed by atoms with Gasteiger partial charge in [0.1, 0.15) is 22.4 Å². The number of Topliss-reactive ketones (excluding diaryl/α,β-unsaturated/α-hetero) is 1. The number of anilines is 1. The minimum atomic E-state index is -1.02. The summed E-state index contributed by atoms with van der Waals surface area (Å²) in [4.78, 5) is 44.3. The number of carbonyl (C=O) groups excluding carboxylic acids is 3. The lowest BCUT2D eigenvalue weighted by Gasteiger charge is -2.24. The molecular formula is C24H20N2O6S. The first-order valence-corrected chi connectivity index (χ1v) is 10.8. The summed E-state index contributed by atoms with van der Waals surface area (Å²) in [6.07, 6.45) is 0. The molecule has 1 aromatic heterocycles. The van der Waals surface area contributed by atoms with E-state index in [-0.39, 0.29) is 21.3 Å². The van der Waals surface area contributed by atoms with Crippen molar-refractivity contribution in [3.05, 3.63) is 81.9 Å². The summed E-state index contributed by atoms with van der Waals surface area (Å²) in [7, 11) is 2.73. The van der Waals surface area contributed by atoms with Crippen LogP contribution in [0.2, 0.25) is 0 Å². The summed E-state index contributed by atoms with van der Waals surface area (Å²) in [6, 6.07) is 14.4. The van der Waals surface area contributed by atoms with E-state index in [0.717, 1.165) is 11.3 Å². The molecule has 33 heavy (non-hydrogen) atoms. The number of para-hydroxylation sites is 1. The first-order chi connectivity index (χ1) is 15.9. The van der Waals surface area contributed by atoms with Crippen molar-refractivity contribution in [1.29, 1.82) is 0 Å². The molecule has 1 aliphatic rings. The fourth-order valence-electron chi connectivity index (χ4n) is 3.74. The number of benzene rings is 2. The van der Waals surface area contributed by atoms with E-state index >= 15 is 0 Å². The molecule has 2 heterocycles. The Balaban J connectivity index is 1.97. The van der Waals surface area contributed by atoms with E-state index in [2.05, 4.69) is 4.98 Å². The smallest absolute Gasteiger partial charge is 0.350 e. The van der Waals surface area contributed by atoms with Gasteiger partial charge in [-0.25, -0.2) is 9.78 Å². The van der Waals surface area contributed by atoms with E-state index in [1.165, 1.54) is 19.1 Å². The number of ketones is 1. The largest absolute Gasteiger partial charge is 0.507 e. The van der Waals surface area contributed by atoms with Gasteiger partial charge in [0.05, 0.1) is 25.5 Å². The van der Waals surface area contributed by atoms with Gasteiger partial charge in [0.2, 0.25) is 0 Å². The Hall–Kier alpha value is -3.98. The average molecular weight is 464 g/mol. The summed E-state index contributed by atoms with van der Waals surface area (Å²) >= 11 is 0.939. The number of aliphatic hydroxyl groups excluding tert-OH is 1. The summed E-state index contributed by atoms with van der Waals surface area (Å²) in [5.41, 5.74) is 1.15. The van der Waals surface area contributed by atoms with Crippen LogP contribution in [0, 0.1) is 6.92 Å². The highest BCUT2D eigenvalue weighted by atomic mass is 32.1. The number of esters is 1. The molecule has 1 fully saturated rings. The molecule has 0 aliphatic carbocycles. The minimum absolute atomic E-state index is 0.0943. The zero-order valence-corrected chi connectivity index (χ0v) is 18.9. The molecule has 0 spiro atoms. The molecule has 0 saturated carbocycles. The monoisotopic (exact) mass is 464 g/mol. The van der Waals surface area contributed by atoms with Crippen LogP contribution in [0.3, 0.4) is 0 Å². The Kier molecular flexibility index (Phi) is 5.97. The Labute approximate surface area is 193 Å². The molecular weight excluding hydrogens is 444 g/mol. The zero-order chi connectivity index (χ0) is 23.7. The van der Waals surface area contributed by atoms with Gasteiger partial charge in [-0.3, -0.25) is 14.5 Å². The van der Waals surface area contributed by atoms with Crippen molar-refractivity contribution in [1.82, 2.24) is 4.98 Å². The predicted molar refractivity (Wildman–Crippen MR) is 122 cm³/mol. The maximum atomic E-state index is 13.2. The average Bonchev–Trinajstić information content (AvgIpc) is 3.35. The van der Waals surface area contributed by atoms with Gasteiger partial charge in [-0.05, 0) is 13.0 Å². The molecule has 0 radical (unpaired) electrons. The number of carbonyl (C=O) groups is 3. The lowest BCUT2D eigenvalue weighted by atomic mass is 9.95. The summed E-state index contributed by atoms with van der Waals surface area (Å²) in [6.45, 7) is 1.62. The molecule has 0 bridgehead atoms. The van der Waals surface area contributed by atoms with E-state index in [1.54, 1.807) is 61.5 Å². The minimum Gasteiger partial charge on any atom is -0.507 e. The third-order valence-corrected chi connectivity index (χ3v) is 6.42. The number of thiazole rings is 1. The zero-order valence-electron chi connectivity index (χ0n) is 18.1. The first-order valence-electron chi connectivity index (χ1n) is 9.94. The van der Waals surface area contributed by atoms with Crippen LogP contribution in [0.5, 0.6) is 5.75 Å². The van der Waals surface area contributed by atoms with Crippen LogP contribution >= 0.6 is 11.3 Å². The van der Waals surface area contributed by atoms with Crippen molar-refractivity contribution in [3.8, 4) is 5.75 Å². The van der Waals surface area contributed by atoms with Gasteiger partial charge in [-0.1, -0.05) is 59.9 Å². The maximum absolute atomic E-state index is 13.2. The van der Waals surface area contributed by atoms with Crippen LogP contribution in [0.4, 0.5) is 5.13 Å². The molecule has 1 amide bonds. The van der Waals surface area contributed by atoms with Crippen molar-refractivity contribution in [2.24, 2.45) is 0 Å². The van der Waals surface area contributed by atoms with Crippen molar-refractivity contribution in [2.75, 3.05) is 19.1 Å². The quantitative estimate of drug-likeness (QED) is 0.264. The second-order valence-corrected chi connectivity index (χ2v) is 8.16. The number of aromatic nitrogens is 1. The van der Waals surface area contributed by atoms with Gasteiger partial charge in [0, 0.05) is 11.1 Å². The number of nitrogens with zero attached hydrogens (tertiary/aromatic N) is 2. The highest BCUT2D eigenvalue weighted by molar-refractivity contribution is 7.17. The van der Waals surface area contributed by atoms with Gasteiger partial charge in [0.15, 0.2) is 5.13 Å². The Morgan fingerprint density at radius 2 is 1.73 bits per heavy atom. The van der Waals surface area contributed by atoms with Crippen molar-refractivity contribution in [3.63, 3.8) is 0 Å². The predicted octanol–water partition coefficient (Wildman–Crippen LogP) is 3.87. The van der Waals surface area contributed by atoms with Gasteiger partial charge >= 0.3 is 11.9 Å². The van der Waals surface area contributed by atoms with Crippen LogP contribution in [0.15, 0.2) is 60.2 Å². The number of aryl methyl sites for hydroxylation is 1. The number of aliphatic hydroxyl groups is 1. The SMILES string of the molecule is COC(=O)c1sc(N2C(=O)C(=O)C(=C(O)c3ccccc3)C2c2ccccc2OC)nc1C. The Bertz CT molecular complexity index is 1280.